The van der Waals surface area contributed by atoms with Gasteiger partial charge in [-0.3, -0.25) is 0 Å². The second kappa shape index (κ2) is 4.65. The Kier molecular flexibility index (Phi) is 3.49. The van der Waals surface area contributed by atoms with E-state index in [9.17, 15) is 8.78 Å². The predicted octanol–water partition coefficient (Wildman–Crippen LogP) is 4.03. The van der Waals surface area contributed by atoms with Crippen LogP contribution in [0.4, 0.5) is 8.78 Å². The molecule has 1 aromatic rings. The molecule has 2 atom stereocenters. The van der Waals surface area contributed by atoms with Crippen LogP contribution in [-0.2, 0) is 0 Å². The van der Waals surface area contributed by atoms with Crippen LogP contribution in [0, 0.1) is 26.7 Å². The lowest BCUT2D eigenvalue weighted by atomic mass is 9.92. The van der Waals surface area contributed by atoms with E-state index in [0.717, 1.165) is 22.6 Å². The van der Waals surface area contributed by atoms with E-state index >= 15 is 0 Å². The van der Waals surface area contributed by atoms with Crippen LogP contribution in [0.5, 0.6) is 0 Å². The van der Waals surface area contributed by atoms with Crippen molar-refractivity contribution >= 4 is 0 Å². The molecular formula is C14H21F2NO. The van der Waals surface area contributed by atoms with Crippen molar-refractivity contribution in [2.75, 3.05) is 0 Å². The van der Waals surface area contributed by atoms with Gasteiger partial charge in [0, 0.05) is 24.4 Å². The van der Waals surface area contributed by atoms with Gasteiger partial charge in [-0.1, -0.05) is 0 Å². The number of hydrogen-bond acceptors (Lipinski definition) is 2. The minimum atomic E-state index is -2.49. The molecule has 102 valence electrons. The minimum Gasteiger partial charge on any atom is -0.466 e. The Labute approximate surface area is 107 Å². The highest BCUT2D eigenvalue weighted by Crippen LogP contribution is 2.42. The Morgan fingerprint density at radius 1 is 1.33 bits per heavy atom. The van der Waals surface area contributed by atoms with Gasteiger partial charge in [0.15, 0.2) is 0 Å². The first-order valence-electron chi connectivity index (χ1n) is 6.50. The monoisotopic (exact) mass is 257 g/mol. The predicted molar refractivity (Wildman–Crippen MR) is 66.8 cm³/mol. The van der Waals surface area contributed by atoms with Gasteiger partial charge >= 0.3 is 0 Å². The zero-order valence-corrected chi connectivity index (χ0v) is 11.2. The summed E-state index contributed by atoms with van der Waals surface area (Å²) < 4.78 is 31.8. The van der Waals surface area contributed by atoms with E-state index in [1.54, 1.807) is 0 Å². The molecule has 2 nitrogen and oxygen atoms in total. The molecule has 2 unspecified atom stereocenters. The second-order valence-electron chi connectivity index (χ2n) is 5.56. The largest absolute Gasteiger partial charge is 0.466 e. The van der Waals surface area contributed by atoms with Crippen LogP contribution in [0.3, 0.4) is 0 Å². The first-order valence-corrected chi connectivity index (χ1v) is 6.50. The van der Waals surface area contributed by atoms with Crippen molar-refractivity contribution in [2.24, 2.45) is 11.7 Å². The number of halogens is 2. The molecule has 0 spiro atoms. The van der Waals surface area contributed by atoms with Gasteiger partial charge in [0.05, 0.1) is 0 Å². The van der Waals surface area contributed by atoms with E-state index < -0.39 is 5.92 Å². The van der Waals surface area contributed by atoms with E-state index in [1.165, 1.54) is 0 Å². The van der Waals surface area contributed by atoms with Crippen molar-refractivity contribution in [2.45, 2.75) is 58.4 Å². The smallest absolute Gasteiger partial charge is 0.248 e. The Morgan fingerprint density at radius 2 is 2.00 bits per heavy atom. The van der Waals surface area contributed by atoms with E-state index in [4.69, 9.17) is 10.2 Å². The lowest BCUT2D eigenvalue weighted by Gasteiger charge is -2.17. The van der Waals surface area contributed by atoms with Crippen molar-refractivity contribution < 1.29 is 13.2 Å². The SMILES string of the molecule is Cc1oc(C)c(C(N)CC2CCC(F)(F)C2)c1C. The number of aryl methyl sites for hydroxylation is 2. The number of rotatable bonds is 3. The van der Waals surface area contributed by atoms with Gasteiger partial charge in [0.1, 0.15) is 11.5 Å². The van der Waals surface area contributed by atoms with Gasteiger partial charge in [0.25, 0.3) is 0 Å². The molecule has 4 heteroatoms. The lowest BCUT2D eigenvalue weighted by Crippen LogP contribution is -2.17. The van der Waals surface area contributed by atoms with Crippen LogP contribution in [-0.4, -0.2) is 5.92 Å². The molecule has 0 saturated heterocycles. The fraction of sp³-hybridized carbons (Fsp3) is 0.714. The quantitative estimate of drug-likeness (QED) is 0.887. The van der Waals surface area contributed by atoms with Crippen LogP contribution >= 0.6 is 0 Å². The van der Waals surface area contributed by atoms with Gasteiger partial charge in [-0.05, 0) is 45.1 Å². The fourth-order valence-corrected chi connectivity index (χ4v) is 3.07. The molecule has 1 fully saturated rings. The van der Waals surface area contributed by atoms with Crippen LogP contribution in [0.1, 0.15) is 54.4 Å². The third-order valence-electron chi connectivity index (χ3n) is 4.08. The summed E-state index contributed by atoms with van der Waals surface area (Å²) in [5.74, 6) is -0.762. The van der Waals surface area contributed by atoms with Gasteiger partial charge in [-0.25, -0.2) is 8.78 Å². The summed E-state index contributed by atoms with van der Waals surface area (Å²) >= 11 is 0. The molecule has 18 heavy (non-hydrogen) atoms. The van der Waals surface area contributed by atoms with E-state index in [0.29, 0.717) is 12.8 Å². The Morgan fingerprint density at radius 3 is 2.44 bits per heavy atom. The van der Waals surface area contributed by atoms with E-state index in [2.05, 4.69) is 0 Å². The molecule has 0 radical (unpaired) electrons. The number of furan rings is 1. The average Bonchev–Trinajstić information content (AvgIpc) is 2.68. The highest BCUT2D eigenvalue weighted by molar-refractivity contribution is 5.34. The zero-order valence-electron chi connectivity index (χ0n) is 11.2. The number of hydrogen-bond donors (Lipinski definition) is 1. The van der Waals surface area contributed by atoms with Gasteiger partial charge < -0.3 is 10.2 Å². The van der Waals surface area contributed by atoms with Crippen molar-refractivity contribution in [1.82, 2.24) is 0 Å². The highest BCUT2D eigenvalue weighted by atomic mass is 19.3. The average molecular weight is 257 g/mol. The van der Waals surface area contributed by atoms with Crippen molar-refractivity contribution in [3.63, 3.8) is 0 Å². The standard InChI is InChI=1S/C14H21F2NO/c1-8-9(2)18-10(3)13(8)12(17)6-11-4-5-14(15,16)7-11/h11-12H,4-7,17H2,1-3H3. The van der Waals surface area contributed by atoms with E-state index in [-0.39, 0.29) is 24.8 Å². The molecule has 0 aromatic carbocycles. The van der Waals surface area contributed by atoms with Crippen molar-refractivity contribution in [1.29, 1.82) is 0 Å². The van der Waals surface area contributed by atoms with Crippen molar-refractivity contribution in [3.8, 4) is 0 Å². The van der Waals surface area contributed by atoms with Crippen LogP contribution in [0.2, 0.25) is 0 Å². The maximum atomic E-state index is 13.2. The summed E-state index contributed by atoms with van der Waals surface area (Å²) in [6, 6.07) is -0.193. The van der Waals surface area contributed by atoms with Gasteiger partial charge in [-0.2, -0.15) is 0 Å². The molecule has 1 heterocycles. The van der Waals surface area contributed by atoms with Gasteiger partial charge in [0.2, 0.25) is 5.92 Å². The zero-order chi connectivity index (χ0) is 13.5. The summed E-state index contributed by atoms with van der Waals surface area (Å²) in [6.07, 6.45) is 1.19. The number of nitrogens with two attached hydrogens (primary N) is 1. The lowest BCUT2D eigenvalue weighted by molar-refractivity contribution is 0.00446. The van der Waals surface area contributed by atoms with E-state index in [1.807, 2.05) is 20.8 Å². The molecule has 1 saturated carbocycles. The molecule has 2 N–H and O–H groups in total. The molecule has 1 aliphatic rings. The summed E-state index contributed by atoms with van der Waals surface area (Å²) in [4.78, 5) is 0. The Balaban J connectivity index is 2.06. The second-order valence-corrected chi connectivity index (χ2v) is 5.56. The third kappa shape index (κ3) is 2.58. The summed E-state index contributed by atoms with van der Waals surface area (Å²) in [6.45, 7) is 5.77. The molecule has 0 amide bonds. The molecule has 0 aliphatic heterocycles. The summed E-state index contributed by atoms with van der Waals surface area (Å²) in [5, 5.41) is 0. The number of alkyl halides is 2. The first kappa shape index (κ1) is 13.5. The molecule has 0 bridgehead atoms. The molecular weight excluding hydrogens is 236 g/mol. The molecule has 1 aliphatic carbocycles. The normalized spacial score (nSPS) is 24.4. The fourth-order valence-electron chi connectivity index (χ4n) is 3.07. The Bertz CT molecular complexity index is 439. The Hall–Kier alpha value is -0.900. The molecule has 1 aromatic heterocycles. The summed E-state index contributed by atoms with van der Waals surface area (Å²) in [5.41, 5.74) is 8.24. The van der Waals surface area contributed by atoms with Crippen molar-refractivity contribution in [3.05, 3.63) is 22.6 Å². The third-order valence-corrected chi connectivity index (χ3v) is 4.08. The van der Waals surface area contributed by atoms with Crippen LogP contribution < -0.4 is 5.73 Å². The molecule has 2 rings (SSSR count). The first-order chi connectivity index (χ1) is 8.30. The van der Waals surface area contributed by atoms with Crippen LogP contribution in [0.25, 0.3) is 0 Å². The van der Waals surface area contributed by atoms with Crippen LogP contribution in [0.15, 0.2) is 4.42 Å². The maximum absolute atomic E-state index is 13.2. The highest BCUT2D eigenvalue weighted by Gasteiger charge is 2.40. The topological polar surface area (TPSA) is 39.2 Å². The minimum absolute atomic E-state index is 0.00671. The van der Waals surface area contributed by atoms with Gasteiger partial charge in [-0.15, -0.1) is 0 Å². The maximum Gasteiger partial charge on any atom is 0.248 e. The summed E-state index contributed by atoms with van der Waals surface area (Å²) in [7, 11) is 0.